The number of nitrogens with one attached hydrogen (secondary N) is 2. The fourth-order valence-electron chi connectivity index (χ4n) is 3.48. The molecule has 100 valence electrons. The number of rotatable bonds is 1. The molecule has 1 unspecified atom stereocenters. The molecule has 0 bridgehead atoms. The number of hydrogen-bond acceptors (Lipinski definition) is 2. The minimum atomic E-state index is 0.323. The molecular formula is C18H18N2. The van der Waals surface area contributed by atoms with Crippen molar-refractivity contribution in [1.29, 1.82) is 0 Å². The van der Waals surface area contributed by atoms with Gasteiger partial charge in [0.05, 0.1) is 6.04 Å². The maximum absolute atomic E-state index is 3.71. The molecule has 2 aliphatic rings. The quantitative estimate of drug-likeness (QED) is 0.819. The third kappa shape index (κ3) is 1.51. The lowest BCUT2D eigenvalue weighted by Gasteiger charge is -2.29. The molecule has 2 aromatic rings. The monoisotopic (exact) mass is 262 g/mol. The highest BCUT2D eigenvalue weighted by molar-refractivity contribution is 5.84. The normalized spacial score (nSPS) is 19.0. The minimum Gasteiger partial charge on any atom is -0.388 e. The fraction of sp³-hybridized carbons (Fsp3) is 0.222. The fourth-order valence-corrected chi connectivity index (χ4v) is 3.48. The van der Waals surface area contributed by atoms with Crippen LogP contribution in [0, 0.1) is 6.92 Å². The van der Waals surface area contributed by atoms with Crippen molar-refractivity contribution in [2.75, 3.05) is 12.4 Å². The van der Waals surface area contributed by atoms with E-state index in [1.165, 1.54) is 39.2 Å². The lowest BCUT2D eigenvalue weighted by atomic mass is 9.93. The van der Waals surface area contributed by atoms with Gasteiger partial charge in [-0.1, -0.05) is 35.9 Å². The van der Waals surface area contributed by atoms with Crippen LogP contribution >= 0.6 is 0 Å². The first-order chi connectivity index (χ1) is 9.78. The number of anilines is 1. The van der Waals surface area contributed by atoms with Gasteiger partial charge < -0.3 is 10.6 Å². The van der Waals surface area contributed by atoms with Gasteiger partial charge in [0, 0.05) is 24.0 Å². The molecule has 2 heteroatoms. The molecule has 0 radical (unpaired) electrons. The van der Waals surface area contributed by atoms with Gasteiger partial charge in [-0.2, -0.15) is 0 Å². The summed E-state index contributed by atoms with van der Waals surface area (Å²) in [6, 6.07) is 15.7. The third-order valence-electron chi connectivity index (χ3n) is 4.41. The Bertz CT molecular complexity index is 728. The summed E-state index contributed by atoms with van der Waals surface area (Å²) in [5, 5.41) is 7.14. The second-order valence-electron chi connectivity index (χ2n) is 5.65. The van der Waals surface area contributed by atoms with Crippen molar-refractivity contribution in [1.82, 2.24) is 5.32 Å². The van der Waals surface area contributed by atoms with E-state index >= 15 is 0 Å². The Balaban J connectivity index is 1.94. The van der Waals surface area contributed by atoms with Crippen LogP contribution in [0.1, 0.15) is 28.3 Å². The van der Waals surface area contributed by atoms with Crippen molar-refractivity contribution in [2.45, 2.75) is 19.4 Å². The predicted molar refractivity (Wildman–Crippen MR) is 83.7 cm³/mol. The highest BCUT2D eigenvalue weighted by Gasteiger charge is 2.33. The summed E-state index contributed by atoms with van der Waals surface area (Å²) in [5.74, 6) is 0. The van der Waals surface area contributed by atoms with Crippen molar-refractivity contribution in [3.05, 3.63) is 70.3 Å². The molecule has 0 amide bonds. The highest BCUT2D eigenvalue weighted by Crippen LogP contribution is 2.46. The molecule has 1 heterocycles. The van der Waals surface area contributed by atoms with Gasteiger partial charge in [-0.3, -0.25) is 0 Å². The highest BCUT2D eigenvalue weighted by atomic mass is 15.0. The zero-order chi connectivity index (χ0) is 13.7. The van der Waals surface area contributed by atoms with Crippen LogP contribution in [0.3, 0.4) is 0 Å². The predicted octanol–water partition coefficient (Wildman–Crippen LogP) is 3.65. The first-order valence-electron chi connectivity index (χ1n) is 7.14. The standard InChI is InChI=1S/C18H18N2/c1-11-7-8-16-14(9-11)17(19-2)15-10-12-5-3-4-6-13(12)18(15)20-16/h3-9,18-20H,10H2,1-2H3. The third-order valence-corrected chi connectivity index (χ3v) is 4.41. The molecule has 20 heavy (non-hydrogen) atoms. The molecule has 0 saturated carbocycles. The number of hydrogen-bond donors (Lipinski definition) is 2. The smallest absolute Gasteiger partial charge is 0.0756 e. The maximum Gasteiger partial charge on any atom is 0.0756 e. The summed E-state index contributed by atoms with van der Waals surface area (Å²) >= 11 is 0. The summed E-state index contributed by atoms with van der Waals surface area (Å²) in [4.78, 5) is 0. The average molecular weight is 262 g/mol. The summed E-state index contributed by atoms with van der Waals surface area (Å²) in [7, 11) is 2.03. The summed E-state index contributed by atoms with van der Waals surface area (Å²) in [6.45, 7) is 2.15. The molecule has 1 atom stereocenters. The first-order valence-corrected chi connectivity index (χ1v) is 7.14. The largest absolute Gasteiger partial charge is 0.388 e. The van der Waals surface area contributed by atoms with Gasteiger partial charge in [0.25, 0.3) is 0 Å². The van der Waals surface area contributed by atoms with Crippen LogP contribution in [0.25, 0.3) is 5.70 Å². The van der Waals surface area contributed by atoms with E-state index in [0.717, 1.165) is 6.42 Å². The zero-order valence-electron chi connectivity index (χ0n) is 11.8. The van der Waals surface area contributed by atoms with Crippen LogP contribution in [0.15, 0.2) is 48.0 Å². The van der Waals surface area contributed by atoms with Gasteiger partial charge in [-0.05, 0) is 42.2 Å². The Morgan fingerprint density at radius 1 is 1.15 bits per heavy atom. The van der Waals surface area contributed by atoms with Crippen LogP contribution in [0.5, 0.6) is 0 Å². The van der Waals surface area contributed by atoms with Gasteiger partial charge in [-0.15, -0.1) is 0 Å². The Hall–Kier alpha value is -2.22. The minimum absolute atomic E-state index is 0.323. The molecule has 2 aromatic carbocycles. The number of aryl methyl sites for hydroxylation is 1. The molecule has 1 aliphatic heterocycles. The average Bonchev–Trinajstić information content (AvgIpc) is 2.83. The van der Waals surface area contributed by atoms with Gasteiger partial charge in [0.15, 0.2) is 0 Å². The zero-order valence-corrected chi connectivity index (χ0v) is 11.8. The van der Waals surface area contributed by atoms with Crippen LogP contribution < -0.4 is 10.6 Å². The summed E-state index contributed by atoms with van der Waals surface area (Å²) in [6.07, 6.45) is 1.04. The molecule has 2 N–H and O–H groups in total. The lowest BCUT2D eigenvalue weighted by molar-refractivity contribution is 0.903. The summed E-state index contributed by atoms with van der Waals surface area (Å²) in [5.41, 5.74) is 9.44. The van der Waals surface area contributed by atoms with E-state index in [1.807, 2.05) is 7.05 Å². The van der Waals surface area contributed by atoms with Gasteiger partial charge in [0.1, 0.15) is 0 Å². The van der Waals surface area contributed by atoms with E-state index < -0.39 is 0 Å². The van der Waals surface area contributed by atoms with Gasteiger partial charge in [0.2, 0.25) is 0 Å². The van der Waals surface area contributed by atoms with E-state index in [4.69, 9.17) is 0 Å². The van der Waals surface area contributed by atoms with E-state index in [9.17, 15) is 0 Å². The molecule has 0 aromatic heterocycles. The van der Waals surface area contributed by atoms with Crippen LogP contribution in [-0.4, -0.2) is 7.05 Å². The first kappa shape index (κ1) is 11.6. The van der Waals surface area contributed by atoms with E-state index in [2.05, 4.69) is 60.0 Å². The van der Waals surface area contributed by atoms with Crippen molar-refractivity contribution in [3.8, 4) is 0 Å². The van der Waals surface area contributed by atoms with E-state index in [0.29, 0.717) is 6.04 Å². The number of fused-ring (bicyclic) bond motifs is 4. The Kier molecular flexibility index (Phi) is 2.40. The molecule has 2 nitrogen and oxygen atoms in total. The van der Waals surface area contributed by atoms with Crippen LogP contribution in [0.4, 0.5) is 5.69 Å². The van der Waals surface area contributed by atoms with Crippen molar-refractivity contribution in [2.24, 2.45) is 0 Å². The Labute approximate surface area is 119 Å². The van der Waals surface area contributed by atoms with Crippen LogP contribution in [-0.2, 0) is 6.42 Å². The van der Waals surface area contributed by atoms with E-state index in [1.54, 1.807) is 0 Å². The molecule has 0 fully saturated rings. The van der Waals surface area contributed by atoms with Crippen molar-refractivity contribution in [3.63, 3.8) is 0 Å². The Morgan fingerprint density at radius 2 is 2.00 bits per heavy atom. The molecule has 1 aliphatic carbocycles. The van der Waals surface area contributed by atoms with Gasteiger partial charge >= 0.3 is 0 Å². The molecule has 0 saturated heterocycles. The second-order valence-corrected chi connectivity index (χ2v) is 5.65. The molecule has 0 spiro atoms. The van der Waals surface area contributed by atoms with Crippen LogP contribution in [0.2, 0.25) is 0 Å². The molecular weight excluding hydrogens is 244 g/mol. The van der Waals surface area contributed by atoms with Crippen molar-refractivity contribution < 1.29 is 0 Å². The van der Waals surface area contributed by atoms with E-state index in [-0.39, 0.29) is 0 Å². The molecule has 4 rings (SSSR count). The SMILES string of the molecule is CNC1=C2Cc3ccccc3C2Nc2ccc(C)cc21. The number of benzene rings is 2. The maximum atomic E-state index is 3.71. The second kappa shape index (κ2) is 4.14. The van der Waals surface area contributed by atoms with Crippen molar-refractivity contribution >= 4 is 11.4 Å². The topological polar surface area (TPSA) is 24.1 Å². The lowest BCUT2D eigenvalue weighted by Crippen LogP contribution is -2.22. The van der Waals surface area contributed by atoms with Gasteiger partial charge in [-0.25, -0.2) is 0 Å². The Morgan fingerprint density at radius 3 is 2.85 bits per heavy atom. The summed E-state index contributed by atoms with van der Waals surface area (Å²) < 4.78 is 0.